The van der Waals surface area contributed by atoms with Crippen LogP contribution >= 0.6 is 0 Å². The standard InChI is InChI=1S/C15H18N2O/c1-10(2)15-13(9-18)8-17(16-15)14-6-11(3)5-12(4)7-14/h5-10H,1-4H3. The van der Waals surface area contributed by atoms with Gasteiger partial charge in [-0.25, -0.2) is 4.68 Å². The summed E-state index contributed by atoms with van der Waals surface area (Å²) < 4.78 is 1.79. The fourth-order valence-electron chi connectivity index (χ4n) is 2.16. The van der Waals surface area contributed by atoms with Crippen LogP contribution in [0.4, 0.5) is 0 Å². The zero-order valence-electron chi connectivity index (χ0n) is 11.3. The largest absolute Gasteiger partial charge is 0.298 e. The van der Waals surface area contributed by atoms with Gasteiger partial charge in [0.25, 0.3) is 0 Å². The summed E-state index contributed by atoms with van der Waals surface area (Å²) in [6.45, 7) is 8.20. The van der Waals surface area contributed by atoms with Crippen molar-refractivity contribution in [3.05, 3.63) is 46.8 Å². The predicted molar refractivity (Wildman–Crippen MR) is 72.5 cm³/mol. The molecule has 0 bridgehead atoms. The highest BCUT2D eigenvalue weighted by molar-refractivity contribution is 5.76. The Bertz CT molecular complexity index is 562. The summed E-state index contributed by atoms with van der Waals surface area (Å²) in [6.07, 6.45) is 2.68. The van der Waals surface area contributed by atoms with E-state index in [-0.39, 0.29) is 5.92 Å². The molecule has 3 heteroatoms. The van der Waals surface area contributed by atoms with E-state index in [0.717, 1.165) is 17.7 Å². The number of rotatable bonds is 3. The van der Waals surface area contributed by atoms with E-state index in [1.54, 1.807) is 10.9 Å². The summed E-state index contributed by atoms with van der Waals surface area (Å²) in [7, 11) is 0. The summed E-state index contributed by atoms with van der Waals surface area (Å²) in [5.41, 5.74) is 4.91. The fraction of sp³-hybridized carbons (Fsp3) is 0.333. The van der Waals surface area contributed by atoms with Crippen LogP contribution in [-0.2, 0) is 0 Å². The van der Waals surface area contributed by atoms with Crippen LogP contribution in [-0.4, -0.2) is 16.1 Å². The molecule has 0 unspecified atom stereocenters. The maximum Gasteiger partial charge on any atom is 0.153 e. The Morgan fingerprint density at radius 3 is 2.22 bits per heavy atom. The van der Waals surface area contributed by atoms with E-state index in [0.29, 0.717) is 5.56 Å². The number of aromatic nitrogens is 2. The summed E-state index contributed by atoms with van der Waals surface area (Å²) >= 11 is 0. The van der Waals surface area contributed by atoms with Crippen LogP contribution in [0.3, 0.4) is 0 Å². The molecule has 0 fully saturated rings. The molecule has 0 saturated heterocycles. The molecule has 0 aliphatic heterocycles. The van der Waals surface area contributed by atoms with Gasteiger partial charge >= 0.3 is 0 Å². The quantitative estimate of drug-likeness (QED) is 0.773. The Hall–Kier alpha value is -1.90. The van der Waals surface area contributed by atoms with Gasteiger partial charge in [0.05, 0.1) is 16.9 Å². The first-order valence-electron chi connectivity index (χ1n) is 6.14. The number of carbonyl (C=O) groups is 1. The molecule has 3 nitrogen and oxygen atoms in total. The Labute approximate surface area is 107 Å². The van der Waals surface area contributed by atoms with Gasteiger partial charge in [0, 0.05) is 6.20 Å². The molecule has 2 rings (SSSR count). The lowest BCUT2D eigenvalue weighted by molar-refractivity contribution is 0.112. The zero-order chi connectivity index (χ0) is 13.3. The lowest BCUT2D eigenvalue weighted by atomic mass is 10.1. The number of carbonyl (C=O) groups excluding carboxylic acids is 1. The van der Waals surface area contributed by atoms with Crippen molar-refractivity contribution < 1.29 is 4.79 Å². The van der Waals surface area contributed by atoms with Crippen LogP contribution in [0, 0.1) is 13.8 Å². The van der Waals surface area contributed by atoms with Gasteiger partial charge in [0.15, 0.2) is 6.29 Å². The van der Waals surface area contributed by atoms with Gasteiger partial charge in [-0.1, -0.05) is 19.9 Å². The molecule has 1 heterocycles. The van der Waals surface area contributed by atoms with Crippen molar-refractivity contribution in [3.8, 4) is 5.69 Å². The average molecular weight is 242 g/mol. The van der Waals surface area contributed by atoms with E-state index in [1.807, 2.05) is 13.8 Å². The minimum Gasteiger partial charge on any atom is -0.298 e. The molecule has 0 aliphatic carbocycles. The van der Waals surface area contributed by atoms with Crippen LogP contribution in [0.25, 0.3) is 5.69 Å². The number of nitrogens with zero attached hydrogens (tertiary/aromatic N) is 2. The van der Waals surface area contributed by atoms with Crippen molar-refractivity contribution in [3.63, 3.8) is 0 Å². The summed E-state index contributed by atoms with van der Waals surface area (Å²) in [4.78, 5) is 11.1. The Morgan fingerprint density at radius 2 is 1.78 bits per heavy atom. The van der Waals surface area contributed by atoms with E-state index < -0.39 is 0 Å². The lowest BCUT2D eigenvalue weighted by Crippen LogP contribution is -1.98. The van der Waals surface area contributed by atoms with Crippen molar-refractivity contribution in [2.45, 2.75) is 33.6 Å². The molecule has 0 radical (unpaired) electrons. The average Bonchev–Trinajstić information content (AvgIpc) is 2.71. The van der Waals surface area contributed by atoms with Crippen molar-refractivity contribution in [1.82, 2.24) is 9.78 Å². The van der Waals surface area contributed by atoms with E-state index in [2.05, 4.69) is 37.1 Å². The number of aldehydes is 1. The number of hydrogen-bond donors (Lipinski definition) is 0. The molecule has 0 saturated carbocycles. The van der Waals surface area contributed by atoms with Crippen LogP contribution in [0.15, 0.2) is 24.4 Å². The third-order valence-corrected chi connectivity index (χ3v) is 2.92. The SMILES string of the molecule is Cc1cc(C)cc(-n2cc(C=O)c(C(C)C)n2)c1. The number of benzene rings is 1. The molecule has 0 N–H and O–H groups in total. The van der Waals surface area contributed by atoms with Gasteiger partial charge in [0.2, 0.25) is 0 Å². The Balaban J connectivity index is 2.54. The first-order valence-corrected chi connectivity index (χ1v) is 6.14. The highest BCUT2D eigenvalue weighted by Crippen LogP contribution is 2.19. The van der Waals surface area contributed by atoms with Gasteiger partial charge in [-0.05, 0) is 43.0 Å². The van der Waals surface area contributed by atoms with Gasteiger partial charge in [0.1, 0.15) is 0 Å². The Morgan fingerprint density at radius 1 is 1.17 bits per heavy atom. The molecule has 0 aliphatic rings. The predicted octanol–water partition coefficient (Wildman–Crippen LogP) is 3.43. The fourth-order valence-corrected chi connectivity index (χ4v) is 2.16. The number of aryl methyl sites for hydroxylation is 2. The van der Waals surface area contributed by atoms with Gasteiger partial charge < -0.3 is 0 Å². The number of hydrogen-bond acceptors (Lipinski definition) is 2. The first kappa shape index (κ1) is 12.6. The molecule has 2 aromatic rings. The maximum atomic E-state index is 11.1. The summed E-state index contributed by atoms with van der Waals surface area (Å²) in [6, 6.07) is 6.26. The van der Waals surface area contributed by atoms with Gasteiger partial charge in [-0.3, -0.25) is 4.79 Å². The lowest BCUT2D eigenvalue weighted by Gasteiger charge is -2.05. The smallest absolute Gasteiger partial charge is 0.153 e. The van der Waals surface area contributed by atoms with Gasteiger partial charge in [-0.15, -0.1) is 0 Å². The van der Waals surface area contributed by atoms with E-state index >= 15 is 0 Å². The van der Waals surface area contributed by atoms with Crippen LogP contribution < -0.4 is 0 Å². The maximum absolute atomic E-state index is 11.1. The van der Waals surface area contributed by atoms with E-state index in [4.69, 9.17) is 0 Å². The second-order valence-electron chi connectivity index (χ2n) is 5.03. The van der Waals surface area contributed by atoms with Crippen molar-refractivity contribution in [2.75, 3.05) is 0 Å². The normalized spacial score (nSPS) is 10.9. The molecular weight excluding hydrogens is 224 g/mol. The molecule has 1 aromatic carbocycles. The Kier molecular flexibility index (Phi) is 3.32. The summed E-state index contributed by atoms with van der Waals surface area (Å²) in [5, 5.41) is 4.52. The molecule has 0 amide bonds. The van der Waals surface area contributed by atoms with Crippen LogP contribution in [0.1, 0.15) is 46.9 Å². The third kappa shape index (κ3) is 2.35. The van der Waals surface area contributed by atoms with E-state index in [9.17, 15) is 4.79 Å². The molecular formula is C15H18N2O. The van der Waals surface area contributed by atoms with Gasteiger partial charge in [-0.2, -0.15) is 5.10 Å². The third-order valence-electron chi connectivity index (χ3n) is 2.92. The van der Waals surface area contributed by atoms with Crippen molar-refractivity contribution >= 4 is 6.29 Å². The first-order chi connectivity index (χ1) is 8.51. The second kappa shape index (κ2) is 4.77. The monoisotopic (exact) mass is 242 g/mol. The minimum atomic E-state index is 0.248. The second-order valence-corrected chi connectivity index (χ2v) is 5.03. The molecule has 0 spiro atoms. The van der Waals surface area contributed by atoms with Crippen molar-refractivity contribution in [2.24, 2.45) is 0 Å². The zero-order valence-corrected chi connectivity index (χ0v) is 11.3. The summed E-state index contributed by atoms with van der Waals surface area (Å²) in [5.74, 6) is 0.248. The van der Waals surface area contributed by atoms with Crippen molar-refractivity contribution in [1.29, 1.82) is 0 Å². The molecule has 1 aromatic heterocycles. The molecule has 0 atom stereocenters. The molecule has 94 valence electrons. The van der Waals surface area contributed by atoms with Crippen LogP contribution in [0.5, 0.6) is 0 Å². The topological polar surface area (TPSA) is 34.9 Å². The highest BCUT2D eigenvalue weighted by Gasteiger charge is 2.12. The highest BCUT2D eigenvalue weighted by atomic mass is 16.1. The minimum absolute atomic E-state index is 0.248. The van der Waals surface area contributed by atoms with E-state index in [1.165, 1.54) is 11.1 Å². The molecule has 18 heavy (non-hydrogen) atoms. The van der Waals surface area contributed by atoms with Crippen LogP contribution in [0.2, 0.25) is 0 Å².